The Balaban J connectivity index is 1.69. The van der Waals surface area contributed by atoms with Crippen LogP contribution in [0, 0.1) is 13.8 Å². The highest BCUT2D eigenvalue weighted by atomic mass is 35.5. The maximum atomic E-state index is 12.4. The number of amides is 1. The molecule has 26 heavy (non-hydrogen) atoms. The molecule has 1 aliphatic heterocycles. The first-order valence-corrected chi connectivity index (χ1v) is 9.04. The lowest BCUT2D eigenvalue weighted by atomic mass is 10.1. The molecule has 0 bridgehead atoms. The van der Waals surface area contributed by atoms with E-state index in [1.807, 2.05) is 50.2 Å². The number of aryl methyl sites for hydroxylation is 1. The number of morpholine rings is 1. The molecule has 1 heterocycles. The van der Waals surface area contributed by atoms with E-state index in [1.165, 1.54) is 0 Å². The summed E-state index contributed by atoms with van der Waals surface area (Å²) < 4.78 is 11.1. The van der Waals surface area contributed by atoms with Crippen LogP contribution in [0.2, 0.25) is 5.02 Å². The van der Waals surface area contributed by atoms with Crippen molar-refractivity contribution in [3.63, 3.8) is 0 Å². The Hall–Kier alpha value is -2.24. The predicted octanol–water partition coefficient (Wildman–Crippen LogP) is 3.81. The molecule has 0 aromatic heterocycles. The Morgan fingerprint density at radius 2 is 1.92 bits per heavy atom. The van der Waals surface area contributed by atoms with E-state index in [4.69, 9.17) is 21.1 Å². The molecule has 0 aliphatic carbocycles. The van der Waals surface area contributed by atoms with Gasteiger partial charge in [0.15, 0.2) is 6.61 Å². The van der Waals surface area contributed by atoms with E-state index < -0.39 is 0 Å². The van der Waals surface area contributed by atoms with Gasteiger partial charge in [0.1, 0.15) is 5.75 Å². The third-order valence-electron chi connectivity index (χ3n) is 4.50. The number of halogens is 1. The van der Waals surface area contributed by atoms with Gasteiger partial charge in [-0.05, 0) is 43.2 Å². The zero-order valence-electron chi connectivity index (χ0n) is 15.0. The molecular formula is C20H23ClN2O3. The average molecular weight is 375 g/mol. The minimum absolute atomic E-state index is 0.0562. The van der Waals surface area contributed by atoms with E-state index in [2.05, 4.69) is 10.2 Å². The van der Waals surface area contributed by atoms with Crippen LogP contribution in [0.1, 0.15) is 11.1 Å². The van der Waals surface area contributed by atoms with Crippen LogP contribution in [0.4, 0.5) is 11.4 Å². The van der Waals surface area contributed by atoms with Crippen LogP contribution < -0.4 is 15.0 Å². The number of carbonyl (C=O) groups excluding carboxylic acids is 1. The van der Waals surface area contributed by atoms with E-state index in [0.29, 0.717) is 23.9 Å². The molecule has 0 radical (unpaired) electrons. The smallest absolute Gasteiger partial charge is 0.262 e. The number of nitrogens with one attached hydrogen (secondary N) is 1. The van der Waals surface area contributed by atoms with Gasteiger partial charge in [-0.15, -0.1) is 0 Å². The number of hydrogen-bond donors (Lipinski definition) is 1. The molecule has 1 aliphatic rings. The predicted molar refractivity (Wildman–Crippen MR) is 105 cm³/mol. The van der Waals surface area contributed by atoms with Crippen molar-refractivity contribution in [1.82, 2.24) is 0 Å². The summed E-state index contributed by atoms with van der Waals surface area (Å²) in [5, 5.41) is 3.53. The number of nitrogens with zero attached hydrogens (tertiary/aromatic N) is 1. The molecular weight excluding hydrogens is 352 g/mol. The molecule has 2 aromatic rings. The Morgan fingerprint density at radius 1 is 1.19 bits per heavy atom. The fourth-order valence-electron chi connectivity index (χ4n) is 2.93. The lowest BCUT2D eigenvalue weighted by Crippen LogP contribution is -2.37. The van der Waals surface area contributed by atoms with Crippen LogP contribution in [-0.2, 0) is 9.53 Å². The minimum Gasteiger partial charge on any atom is -0.483 e. The van der Waals surface area contributed by atoms with E-state index in [1.54, 1.807) is 0 Å². The maximum absolute atomic E-state index is 12.4. The van der Waals surface area contributed by atoms with Crippen LogP contribution in [0.25, 0.3) is 0 Å². The summed E-state index contributed by atoms with van der Waals surface area (Å²) in [4.78, 5) is 14.5. The Kier molecular flexibility index (Phi) is 6.01. The van der Waals surface area contributed by atoms with Gasteiger partial charge in [-0.3, -0.25) is 4.79 Å². The number of para-hydroxylation sites is 1. The first-order valence-electron chi connectivity index (χ1n) is 8.66. The van der Waals surface area contributed by atoms with E-state index >= 15 is 0 Å². The van der Waals surface area contributed by atoms with E-state index in [9.17, 15) is 4.79 Å². The molecule has 1 saturated heterocycles. The molecule has 5 nitrogen and oxygen atoms in total. The van der Waals surface area contributed by atoms with Crippen molar-refractivity contribution in [1.29, 1.82) is 0 Å². The maximum Gasteiger partial charge on any atom is 0.262 e. The molecule has 0 unspecified atom stereocenters. The Bertz CT molecular complexity index is 789. The highest BCUT2D eigenvalue weighted by Gasteiger charge is 2.19. The summed E-state index contributed by atoms with van der Waals surface area (Å²) in [6.45, 7) is 6.72. The first-order chi connectivity index (χ1) is 12.6. The number of carbonyl (C=O) groups is 1. The van der Waals surface area contributed by atoms with Crippen LogP contribution in [-0.4, -0.2) is 38.8 Å². The van der Waals surface area contributed by atoms with Crippen LogP contribution in [0.3, 0.4) is 0 Å². The lowest BCUT2D eigenvalue weighted by Gasteiger charge is -2.31. The van der Waals surface area contributed by atoms with Crippen molar-refractivity contribution in [3.8, 4) is 5.75 Å². The summed E-state index contributed by atoms with van der Waals surface area (Å²) in [6.07, 6.45) is 0. The van der Waals surface area contributed by atoms with Crippen LogP contribution in [0.5, 0.6) is 5.75 Å². The SMILES string of the molecule is Cc1cccc(OCC(=O)Nc2cccc(Cl)c2N2CCOCC2)c1C. The first kappa shape index (κ1) is 18.5. The number of benzene rings is 2. The third kappa shape index (κ3) is 4.29. The number of rotatable bonds is 5. The standard InChI is InChI=1S/C20H23ClN2O3/c1-14-5-3-8-18(15(14)2)26-13-19(24)22-17-7-4-6-16(21)20(17)23-9-11-25-12-10-23/h3-8H,9-13H2,1-2H3,(H,22,24). The van der Waals surface area contributed by atoms with Gasteiger partial charge in [-0.2, -0.15) is 0 Å². The molecule has 1 amide bonds. The summed E-state index contributed by atoms with van der Waals surface area (Å²) in [5.74, 6) is 0.502. The largest absolute Gasteiger partial charge is 0.483 e. The van der Waals surface area contributed by atoms with Gasteiger partial charge in [0, 0.05) is 13.1 Å². The summed E-state index contributed by atoms with van der Waals surface area (Å²) in [6, 6.07) is 11.3. The molecule has 1 N–H and O–H groups in total. The van der Waals surface area contributed by atoms with E-state index in [-0.39, 0.29) is 12.5 Å². The molecule has 3 rings (SSSR count). The van der Waals surface area contributed by atoms with Crippen molar-refractivity contribution in [3.05, 3.63) is 52.5 Å². The second kappa shape index (κ2) is 8.43. The topological polar surface area (TPSA) is 50.8 Å². The van der Waals surface area contributed by atoms with E-state index in [0.717, 1.165) is 35.7 Å². The van der Waals surface area contributed by atoms with Crippen LogP contribution in [0.15, 0.2) is 36.4 Å². The van der Waals surface area contributed by atoms with Crippen molar-refractivity contribution in [2.24, 2.45) is 0 Å². The monoisotopic (exact) mass is 374 g/mol. The minimum atomic E-state index is -0.220. The Morgan fingerprint density at radius 3 is 2.69 bits per heavy atom. The van der Waals surface area contributed by atoms with Crippen LogP contribution >= 0.6 is 11.6 Å². The molecule has 138 valence electrons. The lowest BCUT2D eigenvalue weighted by molar-refractivity contribution is -0.118. The zero-order chi connectivity index (χ0) is 18.5. The van der Waals surface area contributed by atoms with Crippen molar-refractivity contribution in [2.45, 2.75) is 13.8 Å². The Labute approximate surface area is 158 Å². The third-order valence-corrected chi connectivity index (χ3v) is 4.81. The summed E-state index contributed by atoms with van der Waals surface area (Å²) in [5.41, 5.74) is 3.69. The fourth-order valence-corrected chi connectivity index (χ4v) is 3.23. The second-order valence-corrected chi connectivity index (χ2v) is 6.68. The molecule has 0 atom stereocenters. The van der Waals surface area contributed by atoms with Gasteiger partial charge in [0.25, 0.3) is 5.91 Å². The van der Waals surface area contributed by atoms with Gasteiger partial charge in [-0.25, -0.2) is 0 Å². The van der Waals surface area contributed by atoms with Gasteiger partial charge in [0.2, 0.25) is 0 Å². The number of ether oxygens (including phenoxy) is 2. The fraction of sp³-hybridized carbons (Fsp3) is 0.350. The summed E-state index contributed by atoms with van der Waals surface area (Å²) >= 11 is 6.39. The van der Waals surface area contributed by atoms with Gasteiger partial charge < -0.3 is 19.7 Å². The van der Waals surface area contributed by atoms with Gasteiger partial charge >= 0.3 is 0 Å². The molecule has 0 saturated carbocycles. The van der Waals surface area contributed by atoms with Crippen molar-refractivity contribution < 1.29 is 14.3 Å². The average Bonchev–Trinajstić information content (AvgIpc) is 2.64. The molecule has 2 aromatic carbocycles. The van der Waals surface area contributed by atoms with Crippen molar-refractivity contribution >= 4 is 28.9 Å². The number of anilines is 2. The molecule has 1 fully saturated rings. The second-order valence-electron chi connectivity index (χ2n) is 6.27. The highest BCUT2D eigenvalue weighted by Crippen LogP contribution is 2.34. The molecule has 0 spiro atoms. The quantitative estimate of drug-likeness (QED) is 0.864. The van der Waals surface area contributed by atoms with Crippen molar-refractivity contribution in [2.75, 3.05) is 43.1 Å². The molecule has 6 heteroatoms. The van der Waals surface area contributed by atoms with Gasteiger partial charge in [0.05, 0.1) is 29.6 Å². The van der Waals surface area contributed by atoms with Gasteiger partial charge in [-0.1, -0.05) is 29.8 Å². The highest BCUT2D eigenvalue weighted by molar-refractivity contribution is 6.34. The zero-order valence-corrected chi connectivity index (χ0v) is 15.8. The number of hydrogen-bond acceptors (Lipinski definition) is 4. The normalized spacial score (nSPS) is 14.2. The summed E-state index contributed by atoms with van der Waals surface area (Å²) in [7, 11) is 0.